The number of aromatic nitrogens is 3. The highest BCUT2D eigenvalue weighted by atomic mass is 16.5. The third-order valence-electron chi connectivity index (χ3n) is 2.85. The Bertz CT molecular complexity index is 407. The molecule has 17 heavy (non-hydrogen) atoms. The SMILES string of the molecule is CCOc1nc(N)nc(N2CCC(C)(C)C2)n1. The first-order chi connectivity index (χ1) is 8.00. The summed E-state index contributed by atoms with van der Waals surface area (Å²) in [4.78, 5) is 14.5. The lowest BCUT2D eigenvalue weighted by atomic mass is 9.93. The van der Waals surface area contributed by atoms with Gasteiger partial charge in [-0.1, -0.05) is 13.8 Å². The van der Waals surface area contributed by atoms with Gasteiger partial charge in [-0.25, -0.2) is 0 Å². The molecule has 6 heteroatoms. The van der Waals surface area contributed by atoms with Crippen molar-refractivity contribution >= 4 is 11.9 Å². The maximum absolute atomic E-state index is 5.66. The summed E-state index contributed by atoms with van der Waals surface area (Å²) in [5.41, 5.74) is 5.95. The van der Waals surface area contributed by atoms with E-state index in [0.717, 1.165) is 19.5 Å². The molecule has 2 N–H and O–H groups in total. The van der Waals surface area contributed by atoms with E-state index in [1.165, 1.54) is 0 Å². The van der Waals surface area contributed by atoms with Gasteiger partial charge in [-0.2, -0.15) is 15.0 Å². The van der Waals surface area contributed by atoms with Crippen LogP contribution in [0.3, 0.4) is 0 Å². The summed E-state index contributed by atoms with van der Waals surface area (Å²) in [6, 6.07) is 0.305. The maximum Gasteiger partial charge on any atom is 0.323 e. The summed E-state index contributed by atoms with van der Waals surface area (Å²) in [6.07, 6.45) is 1.13. The van der Waals surface area contributed by atoms with Crippen molar-refractivity contribution in [2.45, 2.75) is 27.2 Å². The molecule has 2 rings (SSSR count). The van der Waals surface area contributed by atoms with Gasteiger partial charge in [-0.05, 0) is 18.8 Å². The summed E-state index contributed by atoms with van der Waals surface area (Å²) in [7, 11) is 0. The van der Waals surface area contributed by atoms with Crippen molar-refractivity contribution < 1.29 is 4.74 Å². The maximum atomic E-state index is 5.66. The van der Waals surface area contributed by atoms with Gasteiger partial charge in [0.1, 0.15) is 0 Å². The molecule has 1 saturated heterocycles. The van der Waals surface area contributed by atoms with E-state index in [-0.39, 0.29) is 5.95 Å². The van der Waals surface area contributed by atoms with Crippen LogP contribution in [0.1, 0.15) is 27.2 Å². The third-order valence-corrected chi connectivity index (χ3v) is 2.85. The van der Waals surface area contributed by atoms with Gasteiger partial charge in [0.25, 0.3) is 0 Å². The van der Waals surface area contributed by atoms with Crippen molar-refractivity contribution in [2.75, 3.05) is 30.3 Å². The van der Waals surface area contributed by atoms with Crippen LogP contribution in [0.5, 0.6) is 6.01 Å². The van der Waals surface area contributed by atoms with Crippen LogP contribution in [-0.4, -0.2) is 34.6 Å². The van der Waals surface area contributed by atoms with Crippen LogP contribution in [0, 0.1) is 5.41 Å². The van der Waals surface area contributed by atoms with Crippen molar-refractivity contribution in [1.82, 2.24) is 15.0 Å². The normalized spacial score (nSPS) is 18.4. The van der Waals surface area contributed by atoms with Crippen LogP contribution in [0.25, 0.3) is 0 Å². The minimum atomic E-state index is 0.211. The lowest BCUT2D eigenvalue weighted by Gasteiger charge is -2.19. The molecule has 0 atom stereocenters. The van der Waals surface area contributed by atoms with Crippen LogP contribution in [0.4, 0.5) is 11.9 Å². The van der Waals surface area contributed by atoms with E-state index in [2.05, 4.69) is 33.7 Å². The molecule has 6 nitrogen and oxygen atoms in total. The summed E-state index contributed by atoms with van der Waals surface area (Å²) in [6.45, 7) is 8.76. The summed E-state index contributed by atoms with van der Waals surface area (Å²) >= 11 is 0. The monoisotopic (exact) mass is 237 g/mol. The van der Waals surface area contributed by atoms with E-state index in [0.29, 0.717) is 24.0 Å². The Morgan fingerprint density at radius 1 is 1.35 bits per heavy atom. The first-order valence-corrected chi connectivity index (χ1v) is 5.89. The van der Waals surface area contributed by atoms with Gasteiger partial charge < -0.3 is 15.4 Å². The van der Waals surface area contributed by atoms with E-state index in [1.54, 1.807) is 0 Å². The number of hydrogen-bond donors (Lipinski definition) is 1. The highest BCUT2D eigenvalue weighted by Gasteiger charge is 2.31. The number of nitrogens with two attached hydrogens (primary N) is 1. The summed E-state index contributed by atoms with van der Waals surface area (Å²) < 4.78 is 5.27. The predicted molar refractivity (Wildman–Crippen MR) is 66.0 cm³/mol. The third kappa shape index (κ3) is 2.75. The minimum Gasteiger partial charge on any atom is -0.464 e. The molecule has 2 heterocycles. The zero-order valence-corrected chi connectivity index (χ0v) is 10.6. The Morgan fingerprint density at radius 3 is 2.71 bits per heavy atom. The topological polar surface area (TPSA) is 77.2 Å². The highest BCUT2D eigenvalue weighted by molar-refractivity contribution is 5.37. The zero-order valence-electron chi connectivity index (χ0n) is 10.6. The average molecular weight is 237 g/mol. The largest absolute Gasteiger partial charge is 0.464 e. The second kappa shape index (κ2) is 4.35. The first-order valence-electron chi connectivity index (χ1n) is 5.89. The van der Waals surface area contributed by atoms with Gasteiger partial charge in [0, 0.05) is 13.1 Å². The number of anilines is 2. The van der Waals surface area contributed by atoms with Crippen LogP contribution in [0.2, 0.25) is 0 Å². The molecule has 0 bridgehead atoms. The van der Waals surface area contributed by atoms with E-state index in [1.807, 2.05) is 6.92 Å². The number of hydrogen-bond acceptors (Lipinski definition) is 6. The standard InChI is InChI=1S/C11H19N5O/c1-4-17-10-14-8(12)13-9(15-10)16-6-5-11(2,3)7-16/h4-7H2,1-3H3,(H2,12,13,14,15). The van der Waals surface area contributed by atoms with Crippen molar-refractivity contribution in [3.8, 4) is 6.01 Å². The molecule has 1 aromatic heterocycles. The fourth-order valence-electron chi connectivity index (χ4n) is 1.98. The van der Waals surface area contributed by atoms with E-state index in [4.69, 9.17) is 10.5 Å². The number of nitrogen functional groups attached to an aromatic ring is 1. The molecule has 0 aromatic carbocycles. The molecule has 1 fully saturated rings. The number of ether oxygens (including phenoxy) is 1. The molecular weight excluding hydrogens is 218 g/mol. The highest BCUT2D eigenvalue weighted by Crippen LogP contribution is 2.31. The average Bonchev–Trinajstić information content (AvgIpc) is 2.58. The van der Waals surface area contributed by atoms with Crippen LogP contribution < -0.4 is 15.4 Å². The zero-order chi connectivity index (χ0) is 12.5. The van der Waals surface area contributed by atoms with Crippen molar-refractivity contribution in [2.24, 2.45) is 5.41 Å². The van der Waals surface area contributed by atoms with Crippen molar-refractivity contribution in [3.05, 3.63) is 0 Å². The molecule has 1 aliphatic heterocycles. The van der Waals surface area contributed by atoms with Crippen LogP contribution in [0.15, 0.2) is 0 Å². The van der Waals surface area contributed by atoms with Gasteiger partial charge in [-0.15, -0.1) is 0 Å². The van der Waals surface area contributed by atoms with Crippen molar-refractivity contribution in [1.29, 1.82) is 0 Å². The van der Waals surface area contributed by atoms with E-state index >= 15 is 0 Å². The molecule has 0 aliphatic carbocycles. The fraction of sp³-hybridized carbons (Fsp3) is 0.727. The Labute approximate surface area is 101 Å². The minimum absolute atomic E-state index is 0.211. The molecule has 0 radical (unpaired) electrons. The van der Waals surface area contributed by atoms with Crippen LogP contribution in [-0.2, 0) is 0 Å². The Morgan fingerprint density at radius 2 is 2.12 bits per heavy atom. The van der Waals surface area contributed by atoms with Gasteiger partial charge in [-0.3, -0.25) is 0 Å². The Hall–Kier alpha value is -1.59. The lowest BCUT2D eigenvalue weighted by Crippen LogP contribution is -2.25. The van der Waals surface area contributed by atoms with Gasteiger partial charge in [0.2, 0.25) is 11.9 Å². The molecule has 0 amide bonds. The Kier molecular flexibility index (Phi) is 3.04. The molecule has 0 saturated carbocycles. The van der Waals surface area contributed by atoms with Gasteiger partial charge in [0.15, 0.2) is 0 Å². The fourth-order valence-corrected chi connectivity index (χ4v) is 1.98. The van der Waals surface area contributed by atoms with Gasteiger partial charge in [0.05, 0.1) is 6.61 Å². The first kappa shape index (κ1) is 11.9. The number of rotatable bonds is 3. The molecule has 0 spiro atoms. The second-order valence-electron chi connectivity index (χ2n) is 5.04. The quantitative estimate of drug-likeness (QED) is 0.848. The second-order valence-corrected chi connectivity index (χ2v) is 5.04. The van der Waals surface area contributed by atoms with Gasteiger partial charge >= 0.3 is 6.01 Å². The van der Waals surface area contributed by atoms with E-state index in [9.17, 15) is 0 Å². The predicted octanol–water partition coefficient (Wildman–Crippen LogP) is 1.09. The lowest BCUT2D eigenvalue weighted by molar-refractivity contribution is 0.312. The molecule has 94 valence electrons. The summed E-state index contributed by atoms with van der Waals surface area (Å²) in [5.74, 6) is 0.828. The van der Waals surface area contributed by atoms with Crippen LogP contribution >= 0.6 is 0 Å². The Balaban J connectivity index is 2.21. The molecule has 1 aliphatic rings. The molecule has 0 unspecified atom stereocenters. The smallest absolute Gasteiger partial charge is 0.323 e. The molecule has 1 aromatic rings. The van der Waals surface area contributed by atoms with E-state index < -0.39 is 0 Å². The summed E-state index contributed by atoms with van der Waals surface area (Å²) in [5, 5.41) is 0. The number of nitrogens with zero attached hydrogens (tertiary/aromatic N) is 4. The van der Waals surface area contributed by atoms with Crippen molar-refractivity contribution in [3.63, 3.8) is 0 Å². The molecular formula is C11H19N5O.